The molecule has 3 N–H and O–H groups in total. The molecule has 9 heteroatoms. The maximum Gasteiger partial charge on any atom is 0.260 e. The van der Waals surface area contributed by atoms with Crippen molar-refractivity contribution in [3.05, 3.63) is 11.6 Å². The first-order chi connectivity index (χ1) is 9.78. The summed E-state index contributed by atoms with van der Waals surface area (Å²) >= 11 is 1.34. The normalized spacial score (nSPS) is 22.7. The third-order valence-electron chi connectivity index (χ3n) is 3.52. The van der Waals surface area contributed by atoms with Gasteiger partial charge in [-0.2, -0.15) is 0 Å². The molecule has 0 radical (unpaired) electrons. The van der Waals surface area contributed by atoms with Crippen LogP contribution in [0.3, 0.4) is 0 Å². The van der Waals surface area contributed by atoms with Gasteiger partial charge >= 0.3 is 0 Å². The van der Waals surface area contributed by atoms with Crippen molar-refractivity contribution in [2.45, 2.75) is 43.4 Å². The highest BCUT2D eigenvalue weighted by atomic mass is 32.2. The Bertz CT molecular complexity index is 763. The van der Waals surface area contributed by atoms with Gasteiger partial charge in [-0.05, 0) is 26.7 Å². The van der Waals surface area contributed by atoms with Gasteiger partial charge in [0.2, 0.25) is 0 Å². The maximum absolute atomic E-state index is 12.6. The van der Waals surface area contributed by atoms with Gasteiger partial charge in [0, 0.05) is 24.2 Å². The van der Waals surface area contributed by atoms with Crippen LogP contribution >= 0.6 is 11.3 Å². The van der Waals surface area contributed by atoms with Gasteiger partial charge in [-0.15, -0.1) is 11.3 Å². The topological polar surface area (TPSA) is 98.7 Å². The number of sulfonamides is 1. The van der Waals surface area contributed by atoms with Crippen LogP contribution in [0.2, 0.25) is 0 Å². The van der Waals surface area contributed by atoms with E-state index in [1.54, 1.807) is 11.6 Å². The highest BCUT2D eigenvalue weighted by Gasteiger charge is 2.33. The number of fused-ring (bicyclic) bond motifs is 1. The molecule has 0 amide bonds. The molecule has 0 spiro atoms. The summed E-state index contributed by atoms with van der Waals surface area (Å²) in [5, 5.41) is 1.79. The second-order valence-corrected chi connectivity index (χ2v) is 8.28. The van der Waals surface area contributed by atoms with E-state index in [0.717, 1.165) is 0 Å². The molecule has 1 saturated heterocycles. The van der Waals surface area contributed by atoms with E-state index < -0.39 is 10.0 Å². The Hall–Kier alpha value is -1.16. The lowest BCUT2D eigenvalue weighted by atomic mass is 9.95. The van der Waals surface area contributed by atoms with Crippen molar-refractivity contribution < 1.29 is 13.2 Å². The van der Waals surface area contributed by atoms with Crippen LogP contribution in [0, 0.1) is 0 Å². The molecule has 2 aromatic rings. The Labute approximate surface area is 127 Å². The van der Waals surface area contributed by atoms with E-state index in [0.29, 0.717) is 24.4 Å². The standard InChI is InChI=1S/C12H18N4O3S2/c1-12(2)7-8(3-5-19-12)15-21(17,18)10-9(13)14-11-16(10)4-6-20-11/h4,6,8,15H,3,5,7,13H2,1-2H3. The number of imidazole rings is 1. The first kappa shape index (κ1) is 14.8. The lowest BCUT2D eigenvalue weighted by Crippen LogP contribution is -2.46. The number of rotatable bonds is 3. The van der Waals surface area contributed by atoms with Gasteiger partial charge in [-0.25, -0.2) is 18.1 Å². The largest absolute Gasteiger partial charge is 0.381 e. The fourth-order valence-electron chi connectivity index (χ4n) is 2.66. The molecule has 0 aromatic carbocycles. The molecule has 116 valence electrons. The monoisotopic (exact) mass is 330 g/mol. The maximum atomic E-state index is 12.6. The molecule has 0 aliphatic carbocycles. The molecule has 3 heterocycles. The number of nitrogens with one attached hydrogen (secondary N) is 1. The SMILES string of the molecule is CC1(C)CC(NS(=O)(=O)c2c(N)nc3sccn23)CCO1. The predicted octanol–water partition coefficient (Wildman–Crippen LogP) is 1.21. The van der Waals surface area contributed by atoms with E-state index in [1.165, 1.54) is 15.7 Å². The molecule has 3 rings (SSSR count). The van der Waals surface area contributed by atoms with Crippen LogP contribution in [0.5, 0.6) is 0 Å². The van der Waals surface area contributed by atoms with E-state index in [2.05, 4.69) is 9.71 Å². The number of aromatic nitrogens is 2. The highest BCUT2D eigenvalue weighted by molar-refractivity contribution is 7.89. The number of thiazole rings is 1. The number of anilines is 1. The molecule has 0 bridgehead atoms. The second-order valence-electron chi connectivity index (χ2n) is 5.78. The van der Waals surface area contributed by atoms with Crippen molar-refractivity contribution in [1.82, 2.24) is 14.1 Å². The third-order valence-corrected chi connectivity index (χ3v) is 5.83. The van der Waals surface area contributed by atoms with Gasteiger partial charge in [-0.1, -0.05) is 0 Å². The van der Waals surface area contributed by atoms with Gasteiger partial charge < -0.3 is 10.5 Å². The zero-order valence-electron chi connectivity index (χ0n) is 11.9. The van der Waals surface area contributed by atoms with E-state index in [-0.39, 0.29) is 22.5 Å². The van der Waals surface area contributed by atoms with Gasteiger partial charge in [0.15, 0.2) is 15.8 Å². The van der Waals surface area contributed by atoms with Crippen LogP contribution in [-0.4, -0.2) is 36.1 Å². The Kier molecular flexibility index (Phi) is 3.47. The average molecular weight is 330 g/mol. The molecular weight excluding hydrogens is 312 g/mol. The number of hydrogen-bond donors (Lipinski definition) is 2. The third kappa shape index (κ3) is 2.78. The van der Waals surface area contributed by atoms with Crippen molar-refractivity contribution in [1.29, 1.82) is 0 Å². The fourth-order valence-corrected chi connectivity index (χ4v) is 4.91. The Morgan fingerprint density at radius 3 is 3.05 bits per heavy atom. The van der Waals surface area contributed by atoms with Crippen LogP contribution in [0.15, 0.2) is 16.6 Å². The Morgan fingerprint density at radius 2 is 2.33 bits per heavy atom. The number of hydrogen-bond acceptors (Lipinski definition) is 6. The number of nitrogens with two attached hydrogens (primary N) is 1. The van der Waals surface area contributed by atoms with Gasteiger partial charge in [0.25, 0.3) is 10.0 Å². The first-order valence-electron chi connectivity index (χ1n) is 6.66. The van der Waals surface area contributed by atoms with Crippen molar-refractivity contribution in [2.75, 3.05) is 12.3 Å². The predicted molar refractivity (Wildman–Crippen MR) is 80.9 cm³/mol. The van der Waals surface area contributed by atoms with E-state index in [1.807, 2.05) is 13.8 Å². The van der Waals surface area contributed by atoms with Crippen LogP contribution in [0.4, 0.5) is 5.82 Å². The molecule has 1 unspecified atom stereocenters. The summed E-state index contributed by atoms with van der Waals surface area (Å²) in [6.07, 6.45) is 2.93. The summed E-state index contributed by atoms with van der Waals surface area (Å²) in [6.45, 7) is 4.45. The summed E-state index contributed by atoms with van der Waals surface area (Å²) in [4.78, 5) is 4.65. The Morgan fingerprint density at radius 1 is 1.57 bits per heavy atom. The quantitative estimate of drug-likeness (QED) is 0.881. The average Bonchev–Trinajstić information content (AvgIpc) is 2.85. The lowest BCUT2D eigenvalue weighted by Gasteiger charge is -2.35. The van der Waals surface area contributed by atoms with Crippen LogP contribution in [0.25, 0.3) is 4.96 Å². The molecule has 1 fully saturated rings. The molecule has 7 nitrogen and oxygen atoms in total. The van der Waals surface area contributed by atoms with Crippen LogP contribution < -0.4 is 10.5 Å². The summed E-state index contributed by atoms with van der Waals surface area (Å²) in [7, 11) is -3.72. The van der Waals surface area contributed by atoms with Gasteiger partial charge in [0.1, 0.15) is 0 Å². The number of nitrogen functional groups attached to an aromatic ring is 1. The van der Waals surface area contributed by atoms with Crippen molar-refractivity contribution >= 4 is 32.1 Å². The molecule has 21 heavy (non-hydrogen) atoms. The zero-order chi connectivity index (χ0) is 15.3. The number of ether oxygens (including phenoxy) is 1. The van der Waals surface area contributed by atoms with E-state index >= 15 is 0 Å². The van der Waals surface area contributed by atoms with E-state index in [4.69, 9.17) is 10.5 Å². The minimum atomic E-state index is -3.72. The number of nitrogens with zero attached hydrogens (tertiary/aromatic N) is 2. The van der Waals surface area contributed by atoms with Gasteiger partial charge in [0.05, 0.1) is 5.60 Å². The smallest absolute Gasteiger partial charge is 0.260 e. The lowest BCUT2D eigenvalue weighted by molar-refractivity contribution is -0.0599. The highest BCUT2D eigenvalue weighted by Crippen LogP contribution is 2.27. The minimum absolute atomic E-state index is 0.0167. The van der Waals surface area contributed by atoms with Crippen molar-refractivity contribution in [3.63, 3.8) is 0 Å². The fraction of sp³-hybridized carbons (Fsp3) is 0.583. The molecule has 0 saturated carbocycles. The van der Waals surface area contributed by atoms with Crippen molar-refractivity contribution in [3.8, 4) is 0 Å². The molecule has 1 aliphatic heterocycles. The zero-order valence-corrected chi connectivity index (χ0v) is 13.5. The summed E-state index contributed by atoms with van der Waals surface area (Å²) in [5.74, 6) is 0.0284. The summed E-state index contributed by atoms with van der Waals surface area (Å²) < 4.78 is 35.1. The van der Waals surface area contributed by atoms with Gasteiger partial charge in [-0.3, -0.25) is 4.40 Å². The molecule has 1 aliphatic rings. The minimum Gasteiger partial charge on any atom is -0.381 e. The van der Waals surface area contributed by atoms with Crippen molar-refractivity contribution in [2.24, 2.45) is 0 Å². The first-order valence-corrected chi connectivity index (χ1v) is 9.02. The summed E-state index contributed by atoms with van der Waals surface area (Å²) in [6, 6.07) is -0.165. The van der Waals surface area contributed by atoms with E-state index in [9.17, 15) is 8.42 Å². The summed E-state index contributed by atoms with van der Waals surface area (Å²) in [5.41, 5.74) is 5.45. The molecule has 1 atom stereocenters. The van der Waals surface area contributed by atoms with Crippen LogP contribution in [0.1, 0.15) is 26.7 Å². The van der Waals surface area contributed by atoms with Crippen LogP contribution in [-0.2, 0) is 14.8 Å². The Balaban J connectivity index is 1.90. The molecular formula is C12H18N4O3S2. The second kappa shape index (κ2) is 4.94. The molecule has 2 aromatic heterocycles.